The molecule has 2 heterocycles. The fraction of sp³-hybridized carbons (Fsp3) is 0.412. The van der Waals surface area contributed by atoms with Crippen LogP contribution in [0.4, 0.5) is 18.9 Å². The second-order valence-corrected chi connectivity index (χ2v) is 7.39. The van der Waals surface area contributed by atoms with E-state index in [1.54, 1.807) is 4.90 Å². The molecule has 134 valence electrons. The normalized spacial score (nSPS) is 22.6. The van der Waals surface area contributed by atoms with E-state index in [1.807, 2.05) is 0 Å². The molecule has 4 nitrogen and oxygen atoms in total. The van der Waals surface area contributed by atoms with E-state index in [9.17, 15) is 22.8 Å². The van der Waals surface area contributed by atoms with Crippen LogP contribution in [-0.4, -0.2) is 29.8 Å². The van der Waals surface area contributed by atoms with E-state index in [4.69, 9.17) is 0 Å². The first kappa shape index (κ1) is 17.8. The molecule has 8 heteroatoms. The molecule has 0 aliphatic carbocycles. The fourth-order valence-corrected chi connectivity index (χ4v) is 3.83. The molecule has 1 N–H and O–H groups in total. The van der Waals surface area contributed by atoms with E-state index in [-0.39, 0.29) is 16.5 Å². The van der Waals surface area contributed by atoms with Gasteiger partial charge in [-0.2, -0.15) is 13.2 Å². The minimum Gasteiger partial charge on any atom is -0.339 e. The van der Waals surface area contributed by atoms with Gasteiger partial charge in [0.15, 0.2) is 0 Å². The molecule has 1 fully saturated rings. The summed E-state index contributed by atoms with van der Waals surface area (Å²) in [6.07, 6.45) is -1.19. The quantitative estimate of drug-likeness (QED) is 0.763. The van der Waals surface area contributed by atoms with Gasteiger partial charge in [-0.3, -0.25) is 9.59 Å². The Labute approximate surface area is 147 Å². The van der Waals surface area contributed by atoms with Crippen LogP contribution in [0.5, 0.6) is 0 Å². The number of hydrogen-bond donors (Lipinski definition) is 1. The van der Waals surface area contributed by atoms with Gasteiger partial charge in [0, 0.05) is 24.1 Å². The van der Waals surface area contributed by atoms with Crippen molar-refractivity contribution in [3.05, 3.63) is 34.7 Å². The molecule has 2 aliphatic rings. The van der Waals surface area contributed by atoms with Crippen molar-refractivity contribution in [1.29, 1.82) is 0 Å². The van der Waals surface area contributed by atoms with E-state index in [0.717, 1.165) is 36.7 Å². The molecule has 2 aliphatic heterocycles. The minimum atomic E-state index is -4.47. The molecule has 25 heavy (non-hydrogen) atoms. The Morgan fingerprint density at radius 1 is 1.40 bits per heavy atom. The molecule has 0 aromatic heterocycles. The molecule has 0 radical (unpaired) electrons. The van der Waals surface area contributed by atoms with Crippen LogP contribution >= 0.6 is 11.8 Å². The summed E-state index contributed by atoms with van der Waals surface area (Å²) in [5.74, 6) is -0.375. The van der Waals surface area contributed by atoms with Crippen LogP contribution in [0.1, 0.15) is 25.3 Å². The summed E-state index contributed by atoms with van der Waals surface area (Å²) in [5, 5.41) is 2.44. The molecule has 1 atom stereocenters. The lowest BCUT2D eigenvalue weighted by Gasteiger charge is -2.30. The second-order valence-electron chi connectivity index (χ2n) is 6.31. The summed E-state index contributed by atoms with van der Waals surface area (Å²) in [5.41, 5.74) is -0.709. The predicted molar refractivity (Wildman–Crippen MR) is 89.0 cm³/mol. The highest BCUT2D eigenvalue weighted by Crippen LogP contribution is 2.41. The van der Waals surface area contributed by atoms with E-state index < -0.39 is 17.6 Å². The van der Waals surface area contributed by atoms with E-state index >= 15 is 0 Å². The molecule has 1 aromatic carbocycles. The third kappa shape index (κ3) is 4.00. The average Bonchev–Trinajstić information content (AvgIpc) is 2.54. The maximum Gasteiger partial charge on any atom is 0.416 e. The van der Waals surface area contributed by atoms with Crippen LogP contribution in [0.2, 0.25) is 0 Å². The smallest absolute Gasteiger partial charge is 0.339 e. The number of rotatable bonds is 1. The summed E-state index contributed by atoms with van der Waals surface area (Å²) in [6, 6.07) is 3.18. The molecular weight excluding hydrogens is 353 g/mol. The molecular formula is C17H17F3N2O2S. The van der Waals surface area contributed by atoms with Gasteiger partial charge in [0.2, 0.25) is 5.91 Å². The lowest BCUT2D eigenvalue weighted by atomic mass is 10.0. The van der Waals surface area contributed by atoms with Crippen LogP contribution in [-0.2, 0) is 15.8 Å². The number of carbonyl (C=O) groups excluding carboxylic acids is 2. The Morgan fingerprint density at radius 2 is 2.16 bits per heavy atom. The molecule has 0 spiro atoms. The van der Waals surface area contributed by atoms with Gasteiger partial charge in [-0.15, -0.1) is 0 Å². The van der Waals surface area contributed by atoms with Crippen molar-refractivity contribution in [2.45, 2.75) is 30.8 Å². The summed E-state index contributed by atoms with van der Waals surface area (Å²) in [7, 11) is 0. The Balaban J connectivity index is 1.79. The highest BCUT2D eigenvalue weighted by molar-refractivity contribution is 8.04. The van der Waals surface area contributed by atoms with E-state index in [0.29, 0.717) is 23.9 Å². The predicted octanol–water partition coefficient (Wildman–Crippen LogP) is 3.89. The minimum absolute atomic E-state index is 0.112. The van der Waals surface area contributed by atoms with Gasteiger partial charge in [-0.1, -0.05) is 18.7 Å². The zero-order valence-electron chi connectivity index (χ0n) is 13.5. The van der Waals surface area contributed by atoms with Crippen molar-refractivity contribution >= 4 is 29.3 Å². The number of fused-ring (bicyclic) bond motifs is 1. The van der Waals surface area contributed by atoms with Gasteiger partial charge in [0.05, 0.1) is 16.2 Å². The third-order valence-corrected chi connectivity index (χ3v) is 5.32. The van der Waals surface area contributed by atoms with Gasteiger partial charge >= 0.3 is 6.18 Å². The first-order valence-electron chi connectivity index (χ1n) is 7.95. The highest BCUT2D eigenvalue weighted by atomic mass is 32.2. The molecule has 1 saturated heterocycles. The topological polar surface area (TPSA) is 49.4 Å². The van der Waals surface area contributed by atoms with E-state index in [1.165, 1.54) is 12.1 Å². The SMILES string of the molecule is C[C@@H]1CCCN(C(=O)/C=C2/Sc3ccc(C(F)(F)F)cc3NC2=O)C1. The van der Waals surface area contributed by atoms with Crippen molar-refractivity contribution in [2.75, 3.05) is 18.4 Å². The Bertz CT molecular complexity index is 746. The first-order chi connectivity index (χ1) is 11.7. The van der Waals surface area contributed by atoms with Gasteiger partial charge in [0.1, 0.15) is 0 Å². The van der Waals surface area contributed by atoms with Crippen LogP contribution in [0.15, 0.2) is 34.1 Å². The maximum atomic E-state index is 12.8. The number of likely N-dealkylation sites (tertiary alicyclic amines) is 1. The van der Waals surface area contributed by atoms with Crippen LogP contribution in [0, 0.1) is 5.92 Å². The van der Waals surface area contributed by atoms with Gasteiger partial charge < -0.3 is 10.2 Å². The molecule has 2 amide bonds. The van der Waals surface area contributed by atoms with Crippen LogP contribution in [0.25, 0.3) is 0 Å². The summed E-state index contributed by atoms with van der Waals surface area (Å²) < 4.78 is 38.3. The second kappa shape index (κ2) is 6.74. The fourth-order valence-electron chi connectivity index (χ4n) is 2.93. The molecule has 0 bridgehead atoms. The number of anilines is 1. The monoisotopic (exact) mass is 370 g/mol. The molecule has 1 aromatic rings. The summed E-state index contributed by atoms with van der Waals surface area (Å²) in [6.45, 7) is 3.38. The van der Waals surface area contributed by atoms with E-state index in [2.05, 4.69) is 12.2 Å². The van der Waals surface area contributed by atoms with Gasteiger partial charge in [-0.05, 0) is 37.0 Å². The number of halogens is 3. The standard InChI is InChI=1S/C17H17F3N2O2S/c1-10-3-2-6-22(9-10)15(23)8-14-16(24)21-12-7-11(17(18,19)20)4-5-13(12)25-14/h4-5,7-8,10H,2-3,6,9H2,1H3,(H,21,24)/b14-8+/t10-/m1/s1. The van der Waals surface area contributed by atoms with Crippen molar-refractivity contribution in [2.24, 2.45) is 5.92 Å². The average molecular weight is 370 g/mol. The number of hydrogen-bond acceptors (Lipinski definition) is 3. The zero-order valence-corrected chi connectivity index (χ0v) is 14.3. The lowest BCUT2D eigenvalue weighted by Crippen LogP contribution is -2.38. The van der Waals surface area contributed by atoms with Crippen LogP contribution in [0.3, 0.4) is 0 Å². The number of amides is 2. The number of thioether (sulfide) groups is 1. The number of nitrogens with zero attached hydrogens (tertiary/aromatic N) is 1. The number of carbonyl (C=O) groups is 2. The number of benzene rings is 1. The summed E-state index contributed by atoms with van der Waals surface area (Å²) in [4.78, 5) is 26.9. The Morgan fingerprint density at radius 3 is 2.84 bits per heavy atom. The Kier molecular flexibility index (Phi) is 4.81. The highest BCUT2D eigenvalue weighted by Gasteiger charge is 2.33. The lowest BCUT2D eigenvalue weighted by molar-refractivity contribution is -0.137. The van der Waals surface area contributed by atoms with Gasteiger partial charge in [0.25, 0.3) is 5.91 Å². The summed E-state index contributed by atoms with van der Waals surface area (Å²) >= 11 is 1.01. The maximum absolute atomic E-state index is 12.8. The van der Waals surface area contributed by atoms with Crippen molar-refractivity contribution < 1.29 is 22.8 Å². The van der Waals surface area contributed by atoms with Gasteiger partial charge in [-0.25, -0.2) is 0 Å². The zero-order chi connectivity index (χ0) is 18.2. The molecule has 3 rings (SSSR count). The number of nitrogens with one attached hydrogen (secondary N) is 1. The number of piperidine rings is 1. The largest absolute Gasteiger partial charge is 0.416 e. The number of alkyl halides is 3. The third-order valence-electron chi connectivity index (χ3n) is 4.22. The van der Waals surface area contributed by atoms with Crippen molar-refractivity contribution in [3.8, 4) is 0 Å². The van der Waals surface area contributed by atoms with Crippen LogP contribution < -0.4 is 5.32 Å². The molecule has 0 saturated carbocycles. The van der Waals surface area contributed by atoms with Crippen molar-refractivity contribution in [3.63, 3.8) is 0 Å². The van der Waals surface area contributed by atoms with Crippen molar-refractivity contribution in [1.82, 2.24) is 4.90 Å². The Hall–Kier alpha value is -1.96. The molecule has 0 unspecified atom stereocenters. The first-order valence-corrected chi connectivity index (χ1v) is 8.77.